The number of hydrogen-bond donors (Lipinski definition) is 1. The van der Waals surface area contributed by atoms with Crippen LogP contribution in [0.1, 0.15) is 25.7 Å². The van der Waals surface area contributed by atoms with Gasteiger partial charge in [-0.1, -0.05) is 28.9 Å². The fourth-order valence-electron chi connectivity index (χ4n) is 4.41. The molecule has 2 aliphatic rings. The van der Waals surface area contributed by atoms with E-state index < -0.39 is 0 Å². The van der Waals surface area contributed by atoms with Crippen molar-refractivity contribution < 1.29 is 14.1 Å². The normalized spacial score (nSPS) is 19.1. The molecule has 2 aliphatic heterocycles. The highest BCUT2D eigenvalue weighted by Crippen LogP contribution is 2.32. The Kier molecular flexibility index (Phi) is 6.55. The molecule has 1 N–H and O–H groups in total. The SMILES string of the molecule is O=C(NC[C@H]1CCCO1)C1CCN(c2ncccc2-c2nc(-c3cccc(Cl)c3)no2)CC1. The Labute approximate surface area is 197 Å². The molecule has 33 heavy (non-hydrogen) atoms. The molecule has 2 aromatic heterocycles. The molecule has 0 unspecified atom stereocenters. The van der Waals surface area contributed by atoms with Crippen LogP contribution in [0.3, 0.4) is 0 Å². The summed E-state index contributed by atoms with van der Waals surface area (Å²) in [6, 6.07) is 11.1. The van der Waals surface area contributed by atoms with Crippen LogP contribution in [-0.4, -0.2) is 53.4 Å². The first-order valence-electron chi connectivity index (χ1n) is 11.4. The predicted molar refractivity (Wildman–Crippen MR) is 125 cm³/mol. The molecule has 1 atom stereocenters. The highest BCUT2D eigenvalue weighted by Gasteiger charge is 2.28. The van der Waals surface area contributed by atoms with Crippen LogP contribution in [0.15, 0.2) is 47.1 Å². The first-order valence-corrected chi connectivity index (χ1v) is 11.7. The summed E-state index contributed by atoms with van der Waals surface area (Å²) in [4.78, 5) is 24.0. The number of amides is 1. The lowest BCUT2D eigenvalue weighted by molar-refractivity contribution is -0.126. The Morgan fingerprint density at radius 3 is 2.85 bits per heavy atom. The van der Waals surface area contributed by atoms with E-state index in [4.69, 9.17) is 20.9 Å². The van der Waals surface area contributed by atoms with Crippen molar-refractivity contribution in [3.8, 4) is 22.8 Å². The van der Waals surface area contributed by atoms with Gasteiger partial charge in [-0.05, 0) is 49.9 Å². The van der Waals surface area contributed by atoms with Crippen LogP contribution in [0.4, 0.5) is 5.82 Å². The smallest absolute Gasteiger partial charge is 0.261 e. The highest BCUT2D eigenvalue weighted by atomic mass is 35.5. The summed E-state index contributed by atoms with van der Waals surface area (Å²) in [7, 11) is 0. The number of benzene rings is 1. The van der Waals surface area contributed by atoms with Gasteiger partial charge in [-0.25, -0.2) is 4.98 Å². The number of halogens is 1. The Morgan fingerprint density at radius 1 is 1.18 bits per heavy atom. The van der Waals surface area contributed by atoms with Crippen LogP contribution in [-0.2, 0) is 9.53 Å². The molecule has 0 aliphatic carbocycles. The molecule has 0 spiro atoms. The van der Waals surface area contributed by atoms with E-state index in [1.165, 1.54) is 0 Å². The first kappa shape index (κ1) is 21.9. The summed E-state index contributed by atoms with van der Waals surface area (Å²) in [6.07, 6.45) is 5.56. The van der Waals surface area contributed by atoms with E-state index in [2.05, 4.69) is 25.3 Å². The van der Waals surface area contributed by atoms with Gasteiger partial charge in [0.15, 0.2) is 0 Å². The summed E-state index contributed by atoms with van der Waals surface area (Å²) in [5.41, 5.74) is 1.57. The number of carbonyl (C=O) groups excluding carboxylic acids is 1. The lowest BCUT2D eigenvalue weighted by atomic mass is 9.95. The molecule has 8 nitrogen and oxygen atoms in total. The van der Waals surface area contributed by atoms with Crippen molar-refractivity contribution >= 4 is 23.3 Å². The Bertz CT molecular complexity index is 1110. The van der Waals surface area contributed by atoms with Crippen molar-refractivity contribution in [3.05, 3.63) is 47.6 Å². The van der Waals surface area contributed by atoms with Gasteiger partial charge in [0, 0.05) is 48.9 Å². The zero-order valence-corrected chi connectivity index (χ0v) is 19.0. The number of rotatable bonds is 6. The first-order chi connectivity index (χ1) is 16.2. The van der Waals surface area contributed by atoms with E-state index in [0.717, 1.165) is 62.3 Å². The predicted octanol–water partition coefficient (Wildman–Crippen LogP) is 3.96. The van der Waals surface area contributed by atoms with Gasteiger partial charge in [0.05, 0.1) is 11.7 Å². The quantitative estimate of drug-likeness (QED) is 0.586. The van der Waals surface area contributed by atoms with Gasteiger partial charge >= 0.3 is 0 Å². The van der Waals surface area contributed by atoms with Gasteiger partial charge in [-0.3, -0.25) is 4.79 Å². The lowest BCUT2D eigenvalue weighted by Gasteiger charge is -2.33. The average Bonchev–Trinajstić information content (AvgIpc) is 3.55. The maximum Gasteiger partial charge on any atom is 0.261 e. The molecule has 0 bridgehead atoms. The van der Waals surface area contributed by atoms with Gasteiger partial charge in [0.2, 0.25) is 11.7 Å². The fraction of sp³-hybridized carbons (Fsp3) is 0.417. The summed E-state index contributed by atoms with van der Waals surface area (Å²) in [5, 5.41) is 7.81. The average molecular weight is 468 g/mol. The topological polar surface area (TPSA) is 93.4 Å². The Morgan fingerprint density at radius 2 is 2.06 bits per heavy atom. The van der Waals surface area contributed by atoms with Gasteiger partial charge in [0.1, 0.15) is 5.82 Å². The van der Waals surface area contributed by atoms with Crippen molar-refractivity contribution in [2.24, 2.45) is 5.92 Å². The van der Waals surface area contributed by atoms with E-state index in [9.17, 15) is 4.79 Å². The molecule has 0 radical (unpaired) electrons. The van der Waals surface area contributed by atoms with E-state index in [0.29, 0.717) is 23.3 Å². The molecule has 3 aromatic rings. The van der Waals surface area contributed by atoms with Crippen molar-refractivity contribution in [1.29, 1.82) is 0 Å². The zero-order valence-electron chi connectivity index (χ0n) is 18.2. The second kappa shape index (κ2) is 9.89. The lowest BCUT2D eigenvalue weighted by Crippen LogP contribution is -2.42. The Balaban J connectivity index is 1.25. The number of ether oxygens (including phenoxy) is 1. The number of anilines is 1. The van der Waals surface area contributed by atoms with Crippen LogP contribution in [0.2, 0.25) is 5.02 Å². The maximum absolute atomic E-state index is 12.6. The number of carbonyl (C=O) groups is 1. The van der Waals surface area contributed by atoms with Crippen molar-refractivity contribution in [2.45, 2.75) is 31.8 Å². The van der Waals surface area contributed by atoms with Crippen LogP contribution >= 0.6 is 11.6 Å². The van der Waals surface area contributed by atoms with Gasteiger partial charge in [-0.2, -0.15) is 4.98 Å². The largest absolute Gasteiger partial charge is 0.376 e. The molecule has 4 heterocycles. The summed E-state index contributed by atoms with van der Waals surface area (Å²) in [5.74, 6) is 1.80. The van der Waals surface area contributed by atoms with Crippen molar-refractivity contribution in [2.75, 3.05) is 31.1 Å². The minimum atomic E-state index is 0.00708. The van der Waals surface area contributed by atoms with Crippen molar-refractivity contribution in [3.63, 3.8) is 0 Å². The molecule has 1 amide bonds. The number of nitrogens with zero attached hydrogens (tertiary/aromatic N) is 4. The van der Waals surface area contributed by atoms with Crippen LogP contribution in [0, 0.1) is 5.92 Å². The Hall–Kier alpha value is -2.97. The zero-order chi connectivity index (χ0) is 22.6. The van der Waals surface area contributed by atoms with E-state index in [1.54, 1.807) is 18.3 Å². The molecule has 0 saturated carbocycles. The second-order valence-electron chi connectivity index (χ2n) is 8.45. The molecule has 2 saturated heterocycles. The minimum absolute atomic E-state index is 0.00708. The van der Waals surface area contributed by atoms with Crippen LogP contribution in [0.5, 0.6) is 0 Å². The number of piperidine rings is 1. The van der Waals surface area contributed by atoms with Gasteiger partial charge < -0.3 is 19.5 Å². The molecular weight excluding hydrogens is 442 g/mol. The summed E-state index contributed by atoms with van der Waals surface area (Å²) < 4.78 is 11.2. The van der Waals surface area contributed by atoms with Gasteiger partial charge in [0.25, 0.3) is 5.89 Å². The fourth-order valence-corrected chi connectivity index (χ4v) is 4.60. The van der Waals surface area contributed by atoms with Crippen molar-refractivity contribution in [1.82, 2.24) is 20.4 Å². The molecule has 1 aromatic carbocycles. The van der Waals surface area contributed by atoms with E-state index in [-0.39, 0.29) is 17.9 Å². The second-order valence-corrected chi connectivity index (χ2v) is 8.89. The van der Waals surface area contributed by atoms with Gasteiger partial charge in [-0.15, -0.1) is 0 Å². The number of nitrogens with one attached hydrogen (secondary N) is 1. The summed E-state index contributed by atoms with van der Waals surface area (Å²) in [6.45, 7) is 2.87. The molecule has 5 rings (SSSR count). The third kappa shape index (κ3) is 5.02. The van der Waals surface area contributed by atoms with Crippen LogP contribution < -0.4 is 10.2 Å². The molecule has 172 valence electrons. The molecule has 2 fully saturated rings. The van der Waals surface area contributed by atoms with Crippen LogP contribution in [0.25, 0.3) is 22.8 Å². The van der Waals surface area contributed by atoms with E-state index >= 15 is 0 Å². The third-order valence-electron chi connectivity index (χ3n) is 6.22. The van der Waals surface area contributed by atoms with E-state index in [1.807, 2.05) is 24.3 Å². The molecular formula is C24H26ClN5O3. The third-order valence-corrected chi connectivity index (χ3v) is 6.45. The highest BCUT2D eigenvalue weighted by molar-refractivity contribution is 6.30. The monoisotopic (exact) mass is 467 g/mol. The minimum Gasteiger partial charge on any atom is -0.376 e. The molecule has 9 heteroatoms. The standard InChI is InChI=1S/C24H26ClN5O3/c25-18-5-1-4-17(14-18)21-28-24(33-29-21)20-7-2-10-26-22(20)30-11-8-16(9-12-30)23(31)27-15-19-6-3-13-32-19/h1-2,4-5,7,10,14,16,19H,3,6,8-9,11-13,15H2,(H,27,31)/t19-/m1/s1. The maximum atomic E-state index is 12.6. The summed E-state index contributed by atoms with van der Waals surface area (Å²) >= 11 is 6.09. The number of aromatic nitrogens is 3. The number of hydrogen-bond acceptors (Lipinski definition) is 7. The number of pyridine rings is 1.